The fraction of sp³-hybridized carbons (Fsp3) is 0.556. The number of amides is 1. The zero-order chi connectivity index (χ0) is 11.3. The van der Waals surface area contributed by atoms with E-state index in [0.717, 1.165) is 0 Å². The second-order valence-corrected chi connectivity index (χ2v) is 3.01. The number of carboxylic acid groups (broad SMARTS) is 1. The lowest BCUT2D eigenvalue weighted by molar-refractivity contribution is -0.133. The monoisotopic (exact) mass is 201 g/mol. The van der Waals surface area contributed by atoms with Gasteiger partial charge in [-0.3, -0.25) is 4.79 Å². The van der Waals surface area contributed by atoms with Crippen molar-refractivity contribution >= 4 is 11.9 Å². The molecule has 0 aliphatic rings. The molecule has 0 saturated heterocycles. The van der Waals surface area contributed by atoms with Gasteiger partial charge in [-0.2, -0.15) is 0 Å². The van der Waals surface area contributed by atoms with Crippen molar-refractivity contribution in [2.45, 2.75) is 13.8 Å². The van der Waals surface area contributed by atoms with Gasteiger partial charge in [-0.05, 0) is 13.8 Å². The Bertz CT molecular complexity index is 270. The Morgan fingerprint density at radius 3 is 2.07 bits per heavy atom. The molecule has 0 aromatic carbocycles. The Balaban J connectivity index is 4.69. The maximum Gasteiger partial charge on any atom is 0.331 e. The van der Waals surface area contributed by atoms with Gasteiger partial charge in [0.25, 0.3) is 0 Å². The number of aliphatic carboxylic acids is 1. The Kier molecular flexibility index (Phi) is 4.86. The molecule has 0 aromatic rings. The first-order chi connectivity index (χ1) is 6.41. The summed E-state index contributed by atoms with van der Waals surface area (Å²) in [7, 11) is 1.51. The lowest BCUT2D eigenvalue weighted by atomic mass is 10.1. The number of hydrogen-bond acceptors (Lipinski definition) is 3. The Hall–Kier alpha value is -1.36. The van der Waals surface area contributed by atoms with E-state index in [1.807, 2.05) is 0 Å². The molecule has 0 rings (SSSR count). The fourth-order valence-electron chi connectivity index (χ4n) is 0.859. The van der Waals surface area contributed by atoms with Crippen molar-refractivity contribution in [2.75, 3.05) is 20.2 Å². The highest BCUT2D eigenvalue weighted by atomic mass is 16.4. The van der Waals surface area contributed by atoms with Gasteiger partial charge >= 0.3 is 5.97 Å². The molecule has 14 heavy (non-hydrogen) atoms. The number of carbonyl (C=O) groups is 2. The van der Waals surface area contributed by atoms with Gasteiger partial charge in [-0.25, -0.2) is 4.79 Å². The van der Waals surface area contributed by atoms with Crippen LogP contribution in [0.25, 0.3) is 0 Å². The van der Waals surface area contributed by atoms with Crippen molar-refractivity contribution in [3.8, 4) is 0 Å². The molecule has 0 aromatic heterocycles. The summed E-state index contributed by atoms with van der Waals surface area (Å²) in [5, 5.41) is 17.2. The lowest BCUT2D eigenvalue weighted by Gasteiger charge is -2.16. The van der Waals surface area contributed by atoms with Gasteiger partial charge in [-0.1, -0.05) is 0 Å². The summed E-state index contributed by atoms with van der Waals surface area (Å²) in [6, 6.07) is 0. The van der Waals surface area contributed by atoms with Gasteiger partial charge in [-0.15, -0.1) is 0 Å². The summed E-state index contributed by atoms with van der Waals surface area (Å²) < 4.78 is 0. The molecule has 0 bridgehead atoms. The minimum absolute atomic E-state index is 0.0276. The van der Waals surface area contributed by atoms with Gasteiger partial charge in [0.05, 0.1) is 6.61 Å². The molecule has 0 saturated carbocycles. The second-order valence-electron chi connectivity index (χ2n) is 3.01. The van der Waals surface area contributed by atoms with E-state index >= 15 is 0 Å². The van der Waals surface area contributed by atoms with Gasteiger partial charge in [0.2, 0.25) is 5.91 Å². The van der Waals surface area contributed by atoms with Gasteiger partial charge < -0.3 is 15.1 Å². The number of rotatable bonds is 4. The molecule has 0 atom stereocenters. The number of nitrogens with zero attached hydrogens (tertiary/aromatic N) is 1. The average Bonchev–Trinajstić information content (AvgIpc) is 2.14. The van der Waals surface area contributed by atoms with E-state index in [4.69, 9.17) is 10.2 Å². The standard InChI is InChI=1S/C9H15NO4/c1-6(7(2)9(13)14)8(12)10(3)4-5-11/h11H,4-5H2,1-3H3,(H,13,14). The largest absolute Gasteiger partial charge is 0.478 e. The topological polar surface area (TPSA) is 77.8 Å². The predicted molar refractivity (Wildman–Crippen MR) is 50.7 cm³/mol. The number of hydrogen-bond donors (Lipinski definition) is 2. The first-order valence-electron chi connectivity index (χ1n) is 4.19. The summed E-state index contributed by atoms with van der Waals surface area (Å²) in [4.78, 5) is 23.3. The highest BCUT2D eigenvalue weighted by Gasteiger charge is 2.15. The molecule has 1 amide bonds. The van der Waals surface area contributed by atoms with Crippen molar-refractivity contribution in [3.63, 3.8) is 0 Å². The van der Waals surface area contributed by atoms with Crippen molar-refractivity contribution in [1.29, 1.82) is 0 Å². The molecule has 0 aliphatic carbocycles. The third kappa shape index (κ3) is 3.18. The highest BCUT2D eigenvalue weighted by Crippen LogP contribution is 2.06. The Labute approximate surface area is 82.6 Å². The lowest BCUT2D eigenvalue weighted by Crippen LogP contribution is -2.31. The molecule has 0 unspecified atom stereocenters. The van der Waals surface area contributed by atoms with Crippen LogP contribution >= 0.6 is 0 Å². The zero-order valence-electron chi connectivity index (χ0n) is 8.57. The molecule has 0 heterocycles. The van der Waals surface area contributed by atoms with Crippen LogP contribution in [-0.4, -0.2) is 47.2 Å². The molecular formula is C9H15NO4. The molecule has 0 fully saturated rings. The normalized spacial score (nSPS) is 12.0. The molecule has 80 valence electrons. The van der Waals surface area contributed by atoms with Gasteiger partial charge in [0.15, 0.2) is 0 Å². The summed E-state index contributed by atoms with van der Waals surface area (Å²) in [5.74, 6) is -1.48. The van der Waals surface area contributed by atoms with E-state index in [-0.39, 0.29) is 30.2 Å². The molecule has 0 radical (unpaired) electrons. The maximum atomic E-state index is 11.5. The van der Waals surface area contributed by atoms with Gasteiger partial charge in [0.1, 0.15) is 0 Å². The third-order valence-corrected chi connectivity index (χ3v) is 1.99. The predicted octanol–water partition coefficient (Wildman–Crippen LogP) is -0.142. The van der Waals surface area contributed by atoms with E-state index in [2.05, 4.69) is 0 Å². The number of likely N-dealkylation sites (N-methyl/N-ethyl adjacent to an activating group) is 1. The van der Waals surface area contributed by atoms with Crippen molar-refractivity contribution in [2.24, 2.45) is 0 Å². The second kappa shape index (κ2) is 5.39. The van der Waals surface area contributed by atoms with Crippen molar-refractivity contribution in [3.05, 3.63) is 11.1 Å². The molecule has 5 nitrogen and oxygen atoms in total. The van der Waals surface area contributed by atoms with Crippen molar-refractivity contribution < 1.29 is 19.8 Å². The minimum atomic E-state index is -1.10. The third-order valence-electron chi connectivity index (χ3n) is 1.99. The van der Waals surface area contributed by atoms with E-state index in [9.17, 15) is 9.59 Å². The molecule has 2 N–H and O–H groups in total. The van der Waals surface area contributed by atoms with Crippen LogP contribution in [0.4, 0.5) is 0 Å². The summed E-state index contributed by atoms with van der Waals surface area (Å²) in [5.41, 5.74) is 0.216. The highest BCUT2D eigenvalue weighted by molar-refractivity contribution is 6.01. The van der Waals surface area contributed by atoms with Crippen molar-refractivity contribution in [1.82, 2.24) is 4.90 Å². The smallest absolute Gasteiger partial charge is 0.331 e. The Morgan fingerprint density at radius 2 is 1.71 bits per heavy atom. The van der Waals surface area contributed by atoms with E-state index in [0.29, 0.717) is 0 Å². The first kappa shape index (κ1) is 12.6. The van der Waals surface area contributed by atoms with Crippen LogP contribution in [0, 0.1) is 0 Å². The quantitative estimate of drug-likeness (QED) is 0.620. The first-order valence-corrected chi connectivity index (χ1v) is 4.19. The minimum Gasteiger partial charge on any atom is -0.478 e. The maximum absolute atomic E-state index is 11.5. The summed E-state index contributed by atoms with van der Waals surface area (Å²) >= 11 is 0. The van der Waals surface area contributed by atoms with E-state index in [1.165, 1.54) is 25.8 Å². The molecule has 0 spiro atoms. The zero-order valence-corrected chi connectivity index (χ0v) is 8.57. The average molecular weight is 201 g/mol. The van der Waals surface area contributed by atoms with E-state index < -0.39 is 5.97 Å². The van der Waals surface area contributed by atoms with Crippen LogP contribution in [0.1, 0.15) is 13.8 Å². The molecule has 0 aliphatic heterocycles. The number of aliphatic hydroxyl groups excluding tert-OH is 1. The summed E-state index contributed by atoms with van der Waals surface area (Å²) in [6.45, 7) is 2.90. The summed E-state index contributed by atoms with van der Waals surface area (Å²) in [6.07, 6.45) is 0. The molecular weight excluding hydrogens is 186 g/mol. The van der Waals surface area contributed by atoms with Crippen LogP contribution in [0.2, 0.25) is 0 Å². The van der Waals surface area contributed by atoms with Crippen LogP contribution < -0.4 is 0 Å². The fourth-order valence-corrected chi connectivity index (χ4v) is 0.859. The number of carboxylic acids is 1. The van der Waals surface area contributed by atoms with Crippen LogP contribution in [0.3, 0.4) is 0 Å². The van der Waals surface area contributed by atoms with E-state index in [1.54, 1.807) is 0 Å². The number of aliphatic hydroxyl groups is 1. The SMILES string of the molecule is CC(C(=O)O)=C(C)C(=O)N(C)CCO. The number of carbonyl (C=O) groups excluding carboxylic acids is 1. The van der Waals surface area contributed by atoms with Crippen LogP contribution in [0.5, 0.6) is 0 Å². The van der Waals surface area contributed by atoms with Crippen LogP contribution in [-0.2, 0) is 9.59 Å². The van der Waals surface area contributed by atoms with Crippen LogP contribution in [0.15, 0.2) is 11.1 Å². The van der Waals surface area contributed by atoms with Gasteiger partial charge in [0, 0.05) is 24.7 Å². The molecule has 5 heteroatoms. The Morgan fingerprint density at radius 1 is 1.21 bits per heavy atom.